The van der Waals surface area contributed by atoms with Crippen molar-refractivity contribution in [2.24, 2.45) is 0 Å². The molecule has 0 aliphatic carbocycles. The van der Waals surface area contributed by atoms with Gasteiger partial charge in [0.2, 0.25) is 0 Å². The Morgan fingerprint density at radius 1 is 1.35 bits per heavy atom. The van der Waals surface area contributed by atoms with Crippen molar-refractivity contribution in [1.29, 1.82) is 0 Å². The van der Waals surface area contributed by atoms with E-state index in [1.54, 1.807) is 0 Å². The van der Waals surface area contributed by atoms with Gasteiger partial charge in [-0.3, -0.25) is 0 Å². The lowest BCUT2D eigenvalue weighted by Gasteiger charge is -2.16. The molecule has 1 aromatic rings. The standard InChI is InChI=1S/C12H16F2N2O/c13-12(14)9-3-5-15-11(8-9)16-10-2-1-6-17-7-4-10/h3,5,8,10,12H,1-2,4,6-7H2,(H,15,16). The van der Waals surface area contributed by atoms with E-state index in [1.807, 2.05) is 0 Å². The summed E-state index contributed by atoms with van der Waals surface area (Å²) in [5, 5.41) is 3.19. The molecular formula is C12H16F2N2O. The number of rotatable bonds is 3. The molecule has 2 heterocycles. The molecule has 1 aliphatic rings. The normalized spacial score (nSPS) is 21.2. The Labute approximate surface area is 99.2 Å². The smallest absolute Gasteiger partial charge is 0.264 e. The topological polar surface area (TPSA) is 34.2 Å². The third-order valence-electron chi connectivity index (χ3n) is 2.84. The summed E-state index contributed by atoms with van der Waals surface area (Å²) in [6, 6.07) is 3.01. The lowest BCUT2D eigenvalue weighted by atomic mass is 10.1. The first-order valence-electron chi connectivity index (χ1n) is 5.84. The molecule has 1 atom stereocenters. The average Bonchev–Trinajstić information content (AvgIpc) is 2.58. The van der Waals surface area contributed by atoms with Crippen molar-refractivity contribution in [3.05, 3.63) is 23.9 Å². The molecule has 0 spiro atoms. The van der Waals surface area contributed by atoms with Crippen LogP contribution in [-0.2, 0) is 4.74 Å². The molecule has 2 rings (SSSR count). The van der Waals surface area contributed by atoms with E-state index in [1.165, 1.54) is 18.3 Å². The van der Waals surface area contributed by atoms with Crippen molar-refractivity contribution >= 4 is 5.82 Å². The van der Waals surface area contributed by atoms with Crippen LogP contribution in [0.2, 0.25) is 0 Å². The van der Waals surface area contributed by atoms with Gasteiger partial charge in [0.1, 0.15) is 5.82 Å². The molecule has 5 heteroatoms. The summed E-state index contributed by atoms with van der Waals surface area (Å²) >= 11 is 0. The summed E-state index contributed by atoms with van der Waals surface area (Å²) in [6.45, 7) is 1.49. The molecule has 17 heavy (non-hydrogen) atoms. The largest absolute Gasteiger partial charge is 0.381 e. The third-order valence-corrected chi connectivity index (χ3v) is 2.84. The zero-order valence-corrected chi connectivity index (χ0v) is 9.53. The molecule has 0 aromatic carbocycles. The number of aromatic nitrogens is 1. The molecule has 1 fully saturated rings. The number of nitrogens with one attached hydrogen (secondary N) is 1. The Balaban J connectivity index is 1.99. The van der Waals surface area contributed by atoms with Gasteiger partial charge in [-0.05, 0) is 31.4 Å². The molecule has 1 saturated heterocycles. The van der Waals surface area contributed by atoms with E-state index >= 15 is 0 Å². The van der Waals surface area contributed by atoms with E-state index in [0.29, 0.717) is 12.4 Å². The Hall–Kier alpha value is -1.23. The van der Waals surface area contributed by atoms with Gasteiger partial charge in [0.25, 0.3) is 6.43 Å². The molecular weight excluding hydrogens is 226 g/mol. The maximum Gasteiger partial charge on any atom is 0.264 e. The lowest BCUT2D eigenvalue weighted by molar-refractivity contribution is 0.144. The van der Waals surface area contributed by atoms with Gasteiger partial charge in [-0.25, -0.2) is 13.8 Å². The first-order valence-corrected chi connectivity index (χ1v) is 5.84. The number of alkyl halides is 2. The zero-order chi connectivity index (χ0) is 12.1. The van der Waals surface area contributed by atoms with Gasteiger partial charge in [-0.1, -0.05) is 0 Å². The average molecular weight is 242 g/mol. The Morgan fingerprint density at radius 2 is 2.24 bits per heavy atom. The summed E-state index contributed by atoms with van der Waals surface area (Å²) < 4.78 is 30.4. The molecule has 0 amide bonds. The van der Waals surface area contributed by atoms with Crippen molar-refractivity contribution in [3.63, 3.8) is 0 Å². The van der Waals surface area contributed by atoms with Crippen LogP contribution in [0.4, 0.5) is 14.6 Å². The van der Waals surface area contributed by atoms with Gasteiger partial charge in [-0.2, -0.15) is 0 Å². The SMILES string of the molecule is FC(F)c1ccnc(NC2CCCOCC2)c1. The number of hydrogen-bond donors (Lipinski definition) is 1. The van der Waals surface area contributed by atoms with E-state index in [2.05, 4.69) is 10.3 Å². The van der Waals surface area contributed by atoms with Crippen molar-refractivity contribution in [3.8, 4) is 0 Å². The minimum absolute atomic E-state index is 0.00683. The second-order valence-electron chi connectivity index (χ2n) is 4.16. The monoisotopic (exact) mass is 242 g/mol. The zero-order valence-electron chi connectivity index (χ0n) is 9.53. The van der Waals surface area contributed by atoms with Crippen LogP contribution in [0, 0.1) is 0 Å². The van der Waals surface area contributed by atoms with Crippen LogP contribution in [0.5, 0.6) is 0 Å². The second-order valence-corrected chi connectivity index (χ2v) is 4.16. The van der Waals surface area contributed by atoms with Gasteiger partial charge < -0.3 is 10.1 Å². The molecule has 94 valence electrons. The molecule has 1 N–H and O–H groups in total. The number of ether oxygens (including phenoxy) is 1. The predicted octanol–water partition coefficient (Wildman–Crippen LogP) is 3.00. The number of halogens is 2. The predicted molar refractivity (Wildman–Crippen MR) is 61.3 cm³/mol. The summed E-state index contributed by atoms with van der Waals surface area (Å²) in [4.78, 5) is 4.06. The first-order chi connectivity index (χ1) is 8.25. The minimum atomic E-state index is -2.45. The van der Waals surface area contributed by atoms with Crippen LogP contribution in [0.1, 0.15) is 31.3 Å². The van der Waals surface area contributed by atoms with Gasteiger partial charge in [0, 0.05) is 31.0 Å². The summed E-state index contributed by atoms with van der Waals surface area (Å²) in [5.74, 6) is 0.523. The van der Waals surface area contributed by atoms with E-state index in [9.17, 15) is 8.78 Å². The highest BCUT2D eigenvalue weighted by molar-refractivity contribution is 5.38. The molecule has 1 aromatic heterocycles. The van der Waals surface area contributed by atoms with Gasteiger partial charge >= 0.3 is 0 Å². The quantitative estimate of drug-likeness (QED) is 0.884. The summed E-state index contributed by atoms with van der Waals surface area (Å²) in [7, 11) is 0. The third kappa shape index (κ3) is 3.63. The fourth-order valence-electron chi connectivity index (χ4n) is 1.92. The fraction of sp³-hybridized carbons (Fsp3) is 0.583. The highest BCUT2D eigenvalue weighted by atomic mass is 19.3. The van der Waals surface area contributed by atoms with Crippen LogP contribution in [0.25, 0.3) is 0 Å². The highest BCUT2D eigenvalue weighted by Crippen LogP contribution is 2.21. The number of pyridine rings is 1. The van der Waals surface area contributed by atoms with Gasteiger partial charge in [-0.15, -0.1) is 0 Å². The van der Waals surface area contributed by atoms with Crippen LogP contribution < -0.4 is 5.32 Å². The van der Waals surface area contributed by atoms with Crippen molar-refractivity contribution in [1.82, 2.24) is 4.98 Å². The minimum Gasteiger partial charge on any atom is -0.381 e. The molecule has 0 bridgehead atoms. The summed E-state index contributed by atoms with van der Waals surface area (Å²) in [6.07, 6.45) is 1.83. The van der Waals surface area contributed by atoms with E-state index in [0.717, 1.165) is 25.9 Å². The van der Waals surface area contributed by atoms with Crippen LogP contribution >= 0.6 is 0 Å². The fourth-order valence-corrected chi connectivity index (χ4v) is 1.92. The Kier molecular flexibility index (Phi) is 4.25. The van der Waals surface area contributed by atoms with E-state index < -0.39 is 6.43 Å². The number of hydrogen-bond acceptors (Lipinski definition) is 3. The van der Waals surface area contributed by atoms with Crippen LogP contribution in [0.15, 0.2) is 18.3 Å². The Bertz CT molecular complexity index is 352. The highest BCUT2D eigenvalue weighted by Gasteiger charge is 2.14. The maximum atomic E-state index is 12.5. The van der Waals surface area contributed by atoms with Crippen LogP contribution in [-0.4, -0.2) is 24.2 Å². The molecule has 1 unspecified atom stereocenters. The number of anilines is 1. The molecule has 0 saturated carbocycles. The van der Waals surface area contributed by atoms with Gasteiger partial charge in [0.05, 0.1) is 0 Å². The van der Waals surface area contributed by atoms with Gasteiger partial charge in [0.15, 0.2) is 0 Å². The first kappa shape index (κ1) is 12.2. The van der Waals surface area contributed by atoms with Crippen molar-refractivity contribution in [2.45, 2.75) is 31.7 Å². The molecule has 1 aliphatic heterocycles. The maximum absolute atomic E-state index is 12.5. The molecule has 3 nitrogen and oxygen atoms in total. The summed E-state index contributed by atoms with van der Waals surface area (Å²) in [5.41, 5.74) is 0.00683. The second kappa shape index (κ2) is 5.91. The van der Waals surface area contributed by atoms with Crippen LogP contribution in [0.3, 0.4) is 0 Å². The van der Waals surface area contributed by atoms with Crippen molar-refractivity contribution in [2.75, 3.05) is 18.5 Å². The van der Waals surface area contributed by atoms with E-state index in [4.69, 9.17) is 4.74 Å². The number of nitrogens with zero attached hydrogens (tertiary/aromatic N) is 1. The van der Waals surface area contributed by atoms with E-state index in [-0.39, 0.29) is 11.6 Å². The molecule has 0 radical (unpaired) electrons. The Morgan fingerprint density at radius 3 is 3.06 bits per heavy atom. The van der Waals surface area contributed by atoms with Crippen molar-refractivity contribution < 1.29 is 13.5 Å². The lowest BCUT2D eigenvalue weighted by Crippen LogP contribution is -2.20.